The van der Waals surface area contributed by atoms with Crippen molar-refractivity contribution in [1.29, 1.82) is 0 Å². The van der Waals surface area contributed by atoms with E-state index < -0.39 is 10.0 Å². The predicted octanol–water partition coefficient (Wildman–Crippen LogP) is 1.01. The molecule has 0 atom stereocenters. The van der Waals surface area contributed by atoms with E-state index in [1.807, 2.05) is 0 Å². The lowest BCUT2D eigenvalue weighted by atomic mass is 10.3. The molecule has 0 saturated carbocycles. The van der Waals surface area contributed by atoms with Gasteiger partial charge >= 0.3 is 0 Å². The van der Waals surface area contributed by atoms with Crippen molar-refractivity contribution in [3.63, 3.8) is 0 Å². The van der Waals surface area contributed by atoms with Crippen LogP contribution in [0.15, 0.2) is 28.0 Å². The van der Waals surface area contributed by atoms with Crippen LogP contribution >= 0.6 is 11.8 Å². The van der Waals surface area contributed by atoms with Crippen LogP contribution in [0.2, 0.25) is 0 Å². The molecule has 1 aliphatic rings. The van der Waals surface area contributed by atoms with Crippen LogP contribution in [-0.2, 0) is 14.8 Å². The number of sulfonamides is 1. The van der Waals surface area contributed by atoms with E-state index in [9.17, 15) is 8.42 Å². The highest BCUT2D eigenvalue weighted by atomic mass is 32.2. The summed E-state index contributed by atoms with van der Waals surface area (Å²) in [6, 6.07) is 4.86. The van der Waals surface area contributed by atoms with E-state index in [2.05, 4.69) is 0 Å². The minimum absolute atomic E-state index is 0.221. The highest BCUT2D eigenvalue weighted by Crippen LogP contribution is 2.33. The van der Waals surface area contributed by atoms with Crippen LogP contribution in [0.5, 0.6) is 0 Å². The van der Waals surface area contributed by atoms with Gasteiger partial charge in [0, 0.05) is 24.7 Å². The summed E-state index contributed by atoms with van der Waals surface area (Å²) < 4.78 is 30.1. The molecule has 1 fully saturated rings. The summed E-state index contributed by atoms with van der Waals surface area (Å²) in [5.74, 6) is 0. The van der Waals surface area contributed by atoms with Gasteiger partial charge in [-0.1, -0.05) is 0 Å². The molecule has 2 N–H and O–H groups in total. The second kappa shape index (κ2) is 5.08. The van der Waals surface area contributed by atoms with Gasteiger partial charge in [-0.3, -0.25) is 0 Å². The maximum Gasteiger partial charge on any atom is 0.242 e. The van der Waals surface area contributed by atoms with Crippen molar-refractivity contribution in [2.75, 3.05) is 33.0 Å². The molecule has 0 radical (unpaired) electrons. The first-order valence-corrected chi connectivity index (χ1v) is 7.79. The molecule has 0 bridgehead atoms. The summed E-state index contributed by atoms with van der Waals surface area (Å²) in [5, 5.41) is 0.420. The fraction of sp³-hybridized carbons (Fsp3) is 0.455. The third-order valence-corrected chi connectivity index (χ3v) is 5.70. The van der Waals surface area contributed by atoms with E-state index in [4.69, 9.17) is 10.5 Å². The Labute approximate surface area is 111 Å². The first-order chi connectivity index (χ1) is 8.41. The van der Waals surface area contributed by atoms with Crippen LogP contribution in [0.3, 0.4) is 0 Å². The monoisotopic (exact) mass is 288 g/mol. The van der Waals surface area contributed by atoms with Crippen molar-refractivity contribution in [1.82, 2.24) is 4.31 Å². The molecule has 100 valence electrons. The predicted molar refractivity (Wildman–Crippen MR) is 72.2 cm³/mol. The molecule has 1 aromatic rings. The molecule has 1 aromatic carbocycles. The number of thioether (sulfide) groups is 1. The molecule has 0 aromatic heterocycles. The third kappa shape index (κ3) is 2.64. The summed E-state index contributed by atoms with van der Waals surface area (Å²) in [7, 11) is -0.417. The number of nitrogens with two attached hydrogens (primary N) is 1. The van der Waals surface area contributed by atoms with E-state index in [1.54, 1.807) is 23.9 Å². The van der Waals surface area contributed by atoms with Gasteiger partial charge in [0.25, 0.3) is 0 Å². The summed E-state index contributed by atoms with van der Waals surface area (Å²) in [6.45, 7) is 1.45. The van der Waals surface area contributed by atoms with Gasteiger partial charge in [-0.05, 0) is 18.2 Å². The molecule has 0 unspecified atom stereocenters. The standard InChI is InChI=1S/C11H16N2O3S2/c1-13(2)18(14,15)9-3-4-11(10(12)5-9)17-8-6-16-7-8/h3-5,8H,6-7,12H2,1-2H3. The van der Waals surface area contributed by atoms with E-state index in [0.29, 0.717) is 10.9 Å². The molecule has 1 heterocycles. The Hall–Kier alpha value is -0.760. The average molecular weight is 288 g/mol. The molecular weight excluding hydrogens is 272 g/mol. The molecule has 18 heavy (non-hydrogen) atoms. The molecule has 5 nitrogen and oxygen atoms in total. The molecule has 1 saturated heterocycles. The number of ether oxygens (including phenoxy) is 1. The SMILES string of the molecule is CN(C)S(=O)(=O)c1ccc(SC2COC2)c(N)c1. The fourth-order valence-electron chi connectivity index (χ4n) is 1.47. The van der Waals surface area contributed by atoms with Gasteiger partial charge in [0.15, 0.2) is 0 Å². The quantitative estimate of drug-likeness (QED) is 0.837. The summed E-state index contributed by atoms with van der Waals surface area (Å²) in [5.41, 5.74) is 6.40. The molecular formula is C11H16N2O3S2. The maximum atomic E-state index is 11.9. The Bertz CT molecular complexity index is 539. The Kier molecular flexibility index (Phi) is 3.86. The molecule has 0 aliphatic carbocycles. The van der Waals surface area contributed by atoms with Gasteiger partial charge in [-0.25, -0.2) is 12.7 Å². The largest absolute Gasteiger partial charge is 0.398 e. The lowest BCUT2D eigenvalue weighted by molar-refractivity contribution is 0.0455. The Balaban J connectivity index is 2.24. The van der Waals surface area contributed by atoms with Gasteiger partial charge in [0.2, 0.25) is 10.0 Å². The van der Waals surface area contributed by atoms with Crippen molar-refractivity contribution in [3.05, 3.63) is 18.2 Å². The number of hydrogen-bond donors (Lipinski definition) is 1. The molecule has 0 amide bonds. The van der Waals surface area contributed by atoms with Crippen molar-refractivity contribution in [3.8, 4) is 0 Å². The zero-order valence-electron chi connectivity index (χ0n) is 10.3. The number of nitrogen functional groups attached to an aromatic ring is 1. The zero-order chi connectivity index (χ0) is 13.3. The maximum absolute atomic E-state index is 11.9. The van der Waals surface area contributed by atoms with Crippen LogP contribution in [0.25, 0.3) is 0 Å². The highest BCUT2D eigenvalue weighted by molar-refractivity contribution is 8.00. The zero-order valence-corrected chi connectivity index (χ0v) is 11.9. The smallest absolute Gasteiger partial charge is 0.242 e. The summed E-state index contributed by atoms with van der Waals surface area (Å²) in [4.78, 5) is 1.13. The number of nitrogens with zero attached hydrogens (tertiary/aromatic N) is 1. The normalized spacial score (nSPS) is 16.8. The van der Waals surface area contributed by atoms with Crippen molar-refractivity contribution in [2.24, 2.45) is 0 Å². The van der Waals surface area contributed by atoms with Gasteiger partial charge in [-0.15, -0.1) is 11.8 Å². The molecule has 2 rings (SSSR count). The van der Waals surface area contributed by atoms with Crippen molar-refractivity contribution < 1.29 is 13.2 Å². The van der Waals surface area contributed by atoms with E-state index in [0.717, 1.165) is 18.1 Å². The molecule has 1 aliphatic heterocycles. The van der Waals surface area contributed by atoms with E-state index >= 15 is 0 Å². The van der Waals surface area contributed by atoms with Gasteiger partial charge in [-0.2, -0.15) is 0 Å². The first kappa shape index (κ1) is 13.7. The number of benzene rings is 1. The van der Waals surface area contributed by atoms with Crippen LogP contribution in [0.4, 0.5) is 5.69 Å². The highest BCUT2D eigenvalue weighted by Gasteiger charge is 2.22. The number of rotatable bonds is 4. The first-order valence-electron chi connectivity index (χ1n) is 5.47. The lowest BCUT2D eigenvalue weighted by Crippen LogP contribution is -2.30. The van der Waals surface area contributed by atoms with Crippen LogP contribution in [0.1, 0.15) is 0 Å². The van der Waals surface area contributed by atoms with Crippen molar-refractivity contribution in [2.45, 2.75) is 15.0 Å². The fourth-order valence-corrected chi connectivity index (χ4v) is 3.43. The molecule has 0 spiro atoms. The Morgan fingerprint density at radius 2 is 2.06 bits per heavy atom. The Morgan fingerprint density at radius 1 is 1.39 bits per heavy atom. The Morgan fingerprint density at radius 3 is 2.50 bits per heavy atom. The topological polar surface area (TPSA) is 72.6 Å². The minimum atomic E-state index is -3.42. The van der Waals surface area contributed by atoms with Gasteiger partial charge in [0.05, 0.1) is 23.4 Å². The lowest BCUT2D eigenvalue weighted by Gasteiger charge is -2.25. The molecule has 7 heteroatoms. The number of anilines is 1. The van der Waals surface area contributed by atoms with E-state index in [-0.39, 0.29) is 4.90 Å². The second-order valence-electron chi connectivity index (χ2n) is 4.26. The minimum Gasteiger partial charge on any atom is -0.398 e. The second-order valence-corrected chi connectivity index (χ2v) is 7.76. The summed E-state index contributed by atoms with van der Waals surface area (Å²) in [6.07, 6.45) is 0. The number of hydrogen-bond acceptors (Lipinski definition) is 5. The third-order valence-electron chi connectivity index (χ3n) is 2.66. The van der Waals surface area contributed by atoms with Gasteiger partial charge < -0.3 is 10.5 Å². The van der Waals surface area contributed by atoms with Crippen molar-refractivity contribution >= 4 is 27.5 Å². The average Bonchev–Trinajstić information content (AvgIpc) is 2.24. The van der Waals surface area contributed by atoms with Crippen LogP contribution in [0, 0.1) is 0 Å². The van der Waals surface area contributed by atoms with Crippen LogP contribution < -0.4 is 5.73 Å². The summed E-state index contributed by atoms with van der Waals surface area (Å²) >= 11 is 1.63. The van der Waals surface area contributed by atoms with E-state index in [1.165, 1.54) is 24.5 Å². The van der Waals surface area contributed by atoms with Crippen LogP contribution in [-0.4, -0.2) is 45.3 Å². The van der Waals surface area contributed by atoms with Gasteiger partial charge in [0.1, 0.15) is 0 Å².